The van der Waals surface area contributed by atoms with Crippen LogP contribution in [0.4, 0.5) is 4.79 Å². The third kappa shape index (κ3) is 4.50. The van der Waals surface area contributed by atoms with Gasteiger partial charge in [-0.15, -0.1) is 10.2 Å². The molecule has 1 amide bonds. The Kier molecular flexibility index (Phi) is 5.16. The first-order valence-corrected chi connectivity index (χ1v) is 8.35. The largest absolute Gasteiger partial charge is 0.444 e. The van der Waals surface area contributed by atoms with Crippen molar-refractivity contribution in [3.8, 4) is 0 Å². The van der Waals surface area contributed by atoms with E-state index in [4.69, 9.17) is 9.15 Å². The minimum atomic E-state index is -0.512. The zero-order valence-corrected chi connectivity index (χ0v) is 14.4. The van der Waals surface area contributed by atoms with Gasteiger partial charge in [-0.3, -0.25) is 4.90 Å². The maximum Gasteiger partial charge on any atom is 0.410 e. The Balaban J connectivity index is 2.04. The van der Waals surface area contributed by atoms with E-state index < -0.39 is 5.60 Å². The molecule has 0 unspecified atom stereocenters. The number of ether oxygens (including phenoxy) is 1. The first kappa shape index (κ1) is 16.9. The summed E-state index contributed by atoms with van der Waals surface area (Å²) in [4.78, 5) is 13.9. The number of nitrogens with zero attached hydrogens (tertiary/aromatic N) is 3. The molecule has 7 heteroatoms. The summed E-state index contributed by atoms with van der Waals surface area (Å²) >= 11 is 1.45. The maximum atomic E-state index is 12.3. The topological polar surface area (TPSA) is 68.5 Å². The number of hydrogen-bond acceptors (Lipinski definition) is 6. The molecule has 1 aliphatic heterocycles. The van der Waals surface area contributed by atoms with Gasteiger partial charge in [-0.25, -0.2) is 4.79 Å². The van der Waals surface area contributed by atoms with Gasteiger partial charge in [0.15, 0.2) is 0 Å². The molecule has 6 nitrogen and oxygen atoms in total. The van der Waals surface area contributed by atoms with E-state index in [0.29, 0.717) is 17.7 Å². The van der Waals surface area contributed by atoms with E-state index in [2.05, 4.69) is 16.8 Å². The van der Waals surface area contributed by atoms with E-state index in [9.17, 15) is 4.79 Å². The van der Waals surface area contributed by atoms with Crippen LogP contribution >= 0.6 is 11.8 Å². The van der Waals surface area contributed by atoms with Crippen LogP contribution in [0.25, 0.3) is 0 Å². The quantitative estimate of drug-likeness (QED) is 0.619. The average Bonchev–Trinajstić information content (AvgIpc) is 3.03. The van der Waals surface area contributed by atoms with Gasteiger partial charge in [-0.1, -0.05) is 23.9 Å². The lowest BCUT2D eigenvalue weighted by molar-refractivity contribution is 0.0201. The molecule has 22 heavy (non-hydrogen) atoms. The summed E-state index contributed by atoms with van der Waals surface area (Å²) in [6.07, 6.45) is 1.39. The van der Waals surface area contributed by atoms with Crippen molar-refractivity contribution in [1.82, 2.24) is 15.1 Å². The molecular weight excluding hydrogens is 302 g/mol. The molecule has 0 saturated carbocycles. The van der Waals surface area contributed by atoms with Crippen molar-refractivity contribution < 1.29 is 13.9 Å². The van der Waals surface area contributed by atoms with Crippen LogP contribution in [0.15, 0.2) is 21.8 Å². The number of aromatic nitrogens is 2. The molecule has 1 aromatic rings. The highest BCUT2D eigenvalue weighted by atomic mass is 32.2. The SMILES string of the molecule is C=C(C)CSc1nnc([C@@H]2CCCN2C(=O)OC(C)(C)C)o1. The number of carbonyl (C=O) groups excluding carboxylic acids is 1. The van der Waals surface area contributed by atoms with Crippen LogP contribution in [0.5, 0.6) is 0 Å². The van der Waals surface area contributed by atoms with Gasteiger partial charge in [0.05, 0.1) is 0 Å². The second-order valence-electron chi connectivity index (χ2n) is 6.48. The molecule has 0 aromatic carbocycles. The van der Waals surface area contributed by atoms with Gasteiger partial charge in [0.2, 0.25) is 5.89 Å². The van der Waals surface area contributed by atoms with E-state index in [1.807, 2.05) is 27.7 Å². The van der Waals surface area contributed by atoms with Crippen molar-refractivity contribution in [3.05, 3.63) is 18.0 Å². The fraction of sp³-hybridized carbons (Fsp3) is 0.667. The molecule has 1 saturated heterocycles. The van der Waals surface area contributed by atoms with Gasteiger partial charge >= 0.3 is 6.09 Å². The predicted molar refractivity (Wildman–Crippen MR) is 84.8 cm³/mol. The summed E-state index contributed by atoms with van der Waals surface area (Å²) in [6, 6.07) is -0.193. The normalized spacial score (nSPS) is 18.5. The van der Waals surface area contributed by atoms with E-state index in [0.717, 1.165) is 24.2 Å². The monoisotopic (exact) mass is 325 g/mol. The van der Waals surface area contributed by atoms with Crippen molar-refractivity contribution in [2.45, 2.75) is 57.4 Å². The molecule has 0 spiro atoms. The van der Waals surface area contributed by atoms with Gasteiger partial charge in [0.25, 0.3) is 5.22 Å². The molecule has 2 rings (SSSR count). The second-order valence-corrected chi connectivity index (χ2v) is 7.41. The number of thioether (sulfide) groups is 1. The van der Waals surface area contributed by atoms with E-state index >= 15 is 0 Å². The summed E-state index contributed by atoms with van der Waals surface area (Å²) in [5.41, 5.74) is 0.530. The van der Waals surface area contributed by atoms with Gasteiger partial charge in [0.1, 0.15) is 11.6 Å². The Hall–Kier alpha value is -1.50. The first-order chi connectivity index (χ1) is 10.3. The van der Waals surface area contributed by atoms with Crippen LogP contribution < -0.4 is 0 Å². The third-order valence-electron chi connectivity index (χ3n) is 3.03. The highest BCUT2D eigenvalue weighted by Gasteiger charge is 2.36. The van der Waals surface area contributed by atoms with Crippen molar-refractivity contribution in [1.29, 1.82) is 0 Å². The number of hydrogen-bond donors (Lipinski definition) is 0. The summed E-state index contributed by atoms with van der Waals surface area (Å²) in [5.74, 6) is 1.22. The van der Waals surface area contributed by atoms with Gasteiger partial charge in [0, 0.05) is 12.3 Å². The van der Waals surface area contributed by atoms with Crippen LogP contribution in [0, 0.1) is 0 Å². The number of likely N-dealkylation sites (tertiary alicyclic amines) is 1. The summed E-state index contributed by atoms with van der Waals surface area (Å²) in [7, 11) is 0. The van der Waals surface area contributed by atoms with Gasteiger partial charge in [-0.2, -0.15) is 0 Å². The molecule has 1 aliphatic rings. The summed E-state index contributed by atoms with van der Waals surface area (Å²) < 4.78 is 11.1. The Labute approximate surface area is 135 Å². The molecule has 122 valence electrons. The number of amides is 1. The molecule has 1 fully saturated rings. The van der Waals surface area contributed by atoms with Crippen LogP contribution in [0.2, 0.25) is 0 Å². The lowest BCUT2D eigenvalue weighted by atomic mass is 10.2. The van der Waals surface area contributed by atoms with Crippen molar-refractivity contribution in [2.24, 2.45) is 0 Å². The van der Waals surface area contributed by atoms with Crippen molar-refractivity contribution >= 4 is 17.9 Å². The smallest absolute Gasteiger partial charge is 0.410 e. The molecule has 0 aliphatic carbocycles. The molecule has 2 heterocycles. The molecule has 1 atom stereocenters. The van der Waals surface area contributed by atoms with E-state index in [1.165, 1.54) is 11.8 Å². The van der Waals surface area contributed by atoms with E-state index in [-0.39, 0.29) is 12.1 Å². The number of rotatable bonds is 4. The van der Waals surface area contributed by atoms with E-state index in [1.54, 1.807) is 4.90 Å². The zero-order valence-electron chi connectivity index (χ0n) is 13.6. The Morgan fingerprint density at radius 2 is 2.23 bits per heavy atom. The second kappa shape index (κ2) is 6.73. The van der Waals surface area contributed by atoms with Crippen molar-refractivity contribution in [3.63, 3.8) is 0 Å². The third-order valence-corrected chi connectivity index (χ3v) is 4.08. The minimum absolute atomic E-state index is 0.193. The lowest BCUT2D eigenvalue weighted by Crippen LogP contribution is -2.36. The summed E-state index contributed by atoms with van der Waals surface area (Å²) in [5, 5.41) is 8.62. The maximum absolute atomic E-state index is 12.3. The van der Waals surface area contributed by atoms with Gasteiger partial charge < -0.3 is 9.15 Å². The molecule has 0 bridgehead atoms. The number of carbonyl (C=O) groups is 1. The molecule has 1 aromatic heterocycles. The predicted octanol–water partition coefficient (Wildman–Crippen LogP) is 3.81. The minimum Gasteiger partial charge on any atom is -0.444 e. The molecular formula is C15H23N3O3S. The van der Waals surface area contributed by atoms with Crippen molar-refractivity contribution in [2.75, 3.05) is 12.3 Å². The Morgan fingerprint density at radius 1 is 1.50 bits per heavy atom. The van der Waals surface area contributed by atoms with Crippen LogP contribution in [-0.2, 0) is 4.74 Å². The van der Waals surface area contributed by atoms with Crippen LogP contribution in [0.3, 0.4) is 0 Å². The standard InChI is InChI=1S/C15H23N3O3S/c1-10(2)9-22-13-17-16-12(20-13)11-7-6-8-18(11)14(19)21-15(3,4)5/h11H,1,6-9H2,2-5H3/t11-/m0/s1. The first-order valence-electron chi connectivity index (χ1n) is 7.36. The Morgan fingerprint density at radius 3 is 2.86 bits per heavy atom. The lowest BCUT2D eigenvalue weighted by Gasteiger charge is -2.27. The fourth-order valence-corrected chi connectivity index (χ4v) is 2.77. The highest BCUT2D eigenvalue weighted by Crippen LogP contribution is 2.33. The zero-order chi connectivity index (χ0) is 16.3. The molecule has 0 N–H and O–H groups in total. The molecule has 0 radical (unpaired) electrons. The fourth-order valence-electron chi connectivity index (χ4n) is 2.16. The average molecular weight is 325 g/mol. The van der Waals surface area contributed by atoms with Gasteiger partial charge in [-0.05, 0) is 40.5 Å². The summed E-state index contributed by atoms with van der Waals surface area (Å²) in [6.45, 7) is 12.0. The van der Waals surface area contributed by atoms with Crippen LogP contribution in [-0.4, -0.2) is 39.1 Å². The highest BCUT2D eigenvalue weighted by molar-refractivity contribution is 7.99. The Bertz CT molecular complexity index is 550. The van der Waals surface area contributed by atoms with Crippen LogP contribution in [0.1, 0.15) is 52.5 Å².